The van der Waals surface area contributed by atoms with Crippen molar-refractivity contribution in [2.24, 2.45) is 17.8 Å². The third kappa shape index (κ3) is 6.36. The highest BCUT2D eigenvalue weighted by Gasteiger charge is 2.59. The van der Waals surface area contributed by atoms with E-state index in [9.17, 15) is 4.79 Å². The van der Waals surface area contributed by atoms with E-state index in [0.717, 1.165) is 12.0 Å². The van der Waals surface area contributed by atoms with Crippen LogP contribution in [0.3, 0.4) is 0 Å². The normalized spacial score (nSPS) is 34.1. The standard InChI is InChI=1S/C28H46O6Si/c1-19-16-31-28(21(3)26(19)32-22(4)29)20(2)25(34-35(8,9)27(5,6)7)15-24(33-28)18-30-17-23-13-11-10-12-14-23/h10-14,19-21,24-26H,15-18H2,1-9H3/t19-,20-,21+,24+,25+,26-,28-/m0/s1. The highest BCUT2D eigenvalue weighted by atomic mass is 28.4. The van der Waals surface area contributed by atoms with Crippen LogP contribution in [0.2, 0.25) is 18.1 Å². The summed E-state index contributed by atoms with van der Waals surface area (Å²) in [5.74, 6) is -1.26. The van der Waals surface area contributed by atoms with Gasteiger partial charge in [0.15, 0.2) is 14.1 Å². The van der Waals surface area contributed by atoms with Gasteiger partial charge in [-0.25, -0.2) is 0 Å². The molecule has 2 aliphatic heterocycles. The summed E-state index contributed by atoms with van der Waals surface area (Å²) >= 11 is 0. The van der Waals surface area contributed by atoms with Crippen molar-refractivity contribution in [2.75, 3.05) is 13.2 Å². The molecule has 0 saturated carbocycles. The van der Waals surface area contributed by atoms with Crippen LogP contribution in [-0.4, -0.2) is 51.6 Å². The lowest BCUT2D eigenvalue weighted by Gasteiger charge is -2.57. The van der Waals surface area contributed by atoms with Gasteiger partial charge < -0.3 is 23.4 Å². The Hall–Kier alpha value is -1.25. The van der Waals surface area contributed by atoms with Crippen LogP contribution in [0, 0.1) is 17.8 Å². The first-order chi connectivity index (χ1) is 16.3. The average Bonchev–Trinajstić information content (AvgIpc) is 2.76. The van der Waals surface area contributed by atoms with Crippen LogP contribution < -0.4 is 0 Å². The maximum Gasteiger partial charge on any atom is 0.302 e. The quantitative estimate of drug-likeness (QED) is 0.336. The number of ether oxygens (including phenoxy) is 4. The Morgan fingerprint density at radius 3 is 2.37 bits per heavy atom. The molecule has 0 radical (unpaired) electrons. The number of carbonyl (C=O) groups is 1. The molecule has 35 heavy (non-hydrogen) atoms. The van der Waals surface area contributed by atoms with Gasteiger partial charge in [-0.05, 0) is 23.7 Å². The molecule has 0 N–H and O–H groups in total. The molecule has 0 unspecified atom stereocenters. The van der Waals surface area contributed by atoms with Crippen LogP contribution in [0.25, 0.3) is 0 Å². The SMILES string of the molecule is CC(=O)O[C@@H]1[C@@H](C)[C@@]2(OC[C@@H]1C)O[C@@H](COCc1ccccc1)C[C@@H](O[Si](C)(C)C(C)(C)C)[C@@H]2C. The van der Waals surface area contributed by atoms with E-state index < -0.39 is 14.1 Å². The Bertz CT molecular complexity index is 838. The van der Waals surface area contributed by atoms with Crippen molar-refractivity contribution < 1.29 is 28.2 Å². The minimum atomic E-state index is -2.04. The van der Waals surface area contributed by atoms with Gasteiger partial charge in [-0.3, -0.25) is 4.79 Å². The van der Waals surface area contributed by atoms with E-state index in [4.69, 9.17) is 23.4 Å². The van der Waals surface area contributed by atoms with Gasteiger partial charge in [-0.1, -0.05) is 71.9 Å². The average molecular weight is 507 g/mol. The Labute approximate surface area is 213 Å². The van der Waals surface area contributed by atoms with E-state index >= 15 is 0 Å². The summed E-state index contributed by atoms with van der Waals surface area (Å²) in [7, 11) is -2.04. The minimum absolute atomic E-state index is 0.0254. The molecule has 2 saturated heterocycles. The highest BCUT2D eigenvalue weighted by molar-refractivity contribution is 6.74. The Kier molecular flexibility index (Phi) is 8.91. The summed E-state index contributed by atoms with van der Waals surface area (Å²) in [6.07, 6.45) is 0.247. The maximum absolute atomic E-state index is 11.9. The molecule has 6 nitrogen and oxygen atoms in total. The Balaban J connectivity index is 1.85. The van der Waals surface area contributed by atoms with Crippen molar-refractivity contribution in [1.29, 1.82) is 0 Å². The second-order valence-corrected chi connectivity index (χ2v) is 16.8. The van der Waals surface area contributed by atoms with E-state index in [1.807, 2.05) is 18.2 Å². The first-order valence-corrected chi connectivity index (χ1v) is 16.0. The molecule has 2 heterocycles. The molecule has 0 aromatic heterocycles. The summed E-state index contributed by atoms with van der Waals surface area (Å²) < 4.78 is 32.2. The molecule has 3 rings (SSSR count). The zero-order valence-electron chi connectivity index (χ0n) is 23.1. The number of carbonyl (C=O) groups excluding carboxylic acids is 1. The van der Waals surface area contributed by atoms with E-state index in [0.29, 0.717) is 19.8 Å². The first-order valence-electron chi connectivity index (χ1n) is 13.1. The smallest absolute Gasteiger partial charge is 0.302 e. The van der Waals surface area contributed by atoms with Crippen LogP contribution in [0.15, 0.2) is 30.3 Å². The monoisotopic (exact) mass is 506 g/mol. The van der Waals surface area contributed by atoms with E-state index in [1.165, 1.54) is 6.92 Å². The van der Waals surface area contributed by atoms with Crippen LogP contribution in [-0.2, 0) is 34.8 Å². The van der Waals surface area contributed by atoms with Gasteiger partial charge in [0.25, 0.3) is 0 Å². The van der Waals surface area contributed by atoms with E-state index in [-0.39, 0.29) is 47.1 Å². The molecular formula is C28H46O6Si. The molecule has 198 valence electrons. The van der Waals surface area contributed by atoms with Crippen molar-refractivity contribution in [3.63, 3.8) is 0 Å². The fraction of sp³-hybridized carbons (Fsp3) is 0.750. The summed E-state index contributed by atoms with van der Waals surface area (Å²) in [4.78, 5) is 11.9. The Morgan fingerprint density at radius 1 is 1.11 bits per heavy atom. The second-order valence-electron chi connectivity index (χ2n) is 12.1. The van der Waals surface area contributed by atoms with Gasteiger partial charge in [-0.15, -0.1) is 0 Å². The molecule has 2 aliphatic rings. The summed E-state index contributed by atoms with van der Waals surface area (Å²) in [5.41, 5.74) is 1.13. The van der Waals surface area contributed by atoms with Crippen molar-refractivity contribution >= 4 is 14.3 Å². The van der Waals surface area contributed by atoms with E-state index in [1.54, 1.807) is 0 Å². The third-order valence-electron chi connectivity index (χ3n) is 8.27. The van der Waals surface area contributed by atoms with E-state index in [2.05, 4.69) is 66.8 Å². The van der Waals surface area contributed by atoms with Crippen LogP contribution >= 0.6 is 0 Å². The maximum atomic E-state index is 11.9. The molecule has 1 spiro atoms. The summed E-state index contributed by atoms with van der Waals surface area (Å²) in [5, 5.41) is 0.0886. The molecule has 1 aromatic carbocycles. The molecular weight excluding hydrogens is 460 g/mol. The fourth-order valence-electron chi connectivity index (χ4n) is 5.14. The molecule has 7 atom stereocenters. The number of hydrogen-bond donors (Lipinski definition) is 0. The number of benzene rings is 1. The predicted octanol–water partition coefficient (Wildman–Crippen LogP) is 5.95. The van der Waals surface area contributed by atoms with Gasteiger partial charge in [0.1, 0.15) is 6.10 Å². The van der Waals surface area contributed by atoms with Crippen LogP contribution in [0.1, 0.15) is 60.5 Å². The molecule has 1 aromatic rings. The number of rotatable bonds is 7. The summed E-state index contributed by atoms with van der Waals surface area (Å²) in [6.45, 7) is 20.6. The zero-order chi connectivity index (χ0) is 26.0. The number of hydrogen-bond acceptors (Lipinski definition) is 6. The van der Waals surface area contributed by atoms with Gasteiger partial charge >= 0.3 is 5.97 Å². The predicted molar refractivity (Wildman–Crippen MR) is 139 cm³/mol. The van der Waals surface area contributed by atoms with Gasteiger partial charge in [0.05, 0.1) is 32.0 Å². The van der Waals surface area contributed by atoms with Crippen LogP contribution in [0.5, 0.6) is 0 Å². The lowest BCUT2D eigenvalue weighted by atomic mass is 9.74. The molecule has 0 aliphatic carbocycles. The second kappa shape index (κ2) is 11.0. The molecule has 0 amide bonds. The van der Waals surface area contributed by atoms with Gasteiger partial charge in [-0.2, -0.15) is 0 Å². The zero-order valence-corrected chi connectivity index (χ0v) is 24.1. The lowest BCUT2D eigenvalue weighted by molar-refractivity contribution is -0.377. The number of esters is 1. The van der Waals surface area contributed by atoms with Crippen molar-refractivity contribution in [1.82, 2.24) is 0 Å². The third-order valence-corrected chi connectivity index (χ3v) is 12.8. The largest absolute Gasteiger partial charge is 0.462 e. The highest BCUT2D eigenvalue weighted by Crippen LogP contribution is 2.49. The Morgan fingerprint density at radius 2 is 1.77 bits per heavy atom. The fourth-order valence-corrected chi connectivity index (χ4v) is 6.55. The van der Waals surface area contributed by atoms with Crippen molar-refractivity contribution in [3.05, 3.63) is 35.9 Å². The first kappa shape index (κ1) is 28.3. The van der Waals surface area contributed by atoms with Crippen molar-refractivity contribution in [3.8, 4) is 0 Å². The molecule has 2 fully saturated rings. The minimum Gasteiger partial charge on any atom is -0.462 e. The topological polar surface area (TPSA) is 63.2 Å². The lowest BCUT2D eigenvalue weighted by Crippen LogP contribution is -2.66. The van der Waals surface area contributed by atoms with Crippen molar-refractivity contribution in [2.45, 2.75) is 104 Å². The summed E-state index contributed by atoms with van der Waals surface area (Å²) in [6, 6.07) is 10.2. The molecule has 0 bridgehead atoms. The van der Waals surface area contributed by atoms with Gasteiger partial charge in [0.2, 0.25) is 0 Å². The molecule has 7 heteroatoms. The van der Waals surface area contributed by atoms with Crippen LogP contribution in [0.4, 0.5) is 0 Å². The van der Waals surface area contributed by atoms with Gasteiger partial charge in [0, 0.05) is 31.1 Å².